The molecule has 0 aliphatic heterocycles. The van der Waals surface area contributed by atoms with Crippen molar-refractivity contribution in [2.75, 3.05) is 0 Å². The Balaban J connectivity index is 2.70. The molecule has 2 atom stereocenters. The summed E-state index contributed by atoms with van der Waals surface area (Å²) in [6.07, 6.45) is 4.27. The zero-order chi connectivity index (χ0) is 17.4. The number of allylic oxidation sites excluding steroid dienone is 1. The lowest BCUT2D eigenvalue weighted by Crippen LogP contribution is -2.14. The molecule has 0 spiro atoms. The summed E-state index contributed by atoms with van der Waals surface area (Å²) in [7, 11) is 2.96. The Hall–Kier alpha value is -0.640. The summed E-state index contributed by atoms with van der Waals surface area (Å²) in [4.78, 5) is 0. The van der Waals surface area contributed by atoms with E-state index in [0.717, 1.165) is 16.7 Å². The SMILES string of the molecule is CC#CC1C=Cc2c(ccc(C#CSI)c2C#CSI)C1C#CC. The average Bonchev–Trinajstić information content (AvgIpc) is 2.60. The van der Waals surface area contributed by atoms with Crippen LogP contribution in [0, 0.1) is 51.9 Å². The standard InChI is InChI=1S/C20H12I2S2/c1-3-5-15-7-9-20-18(12-14-24-22)16(11-13-23-21)8-10-19(20)17(15)6-4-2/h7-10,15,17H,1-2H3. The molecule has 1 aromatic rings. The highest BCUT2D eigenvalue weighted by molar-refractivity contribution is 14.2. The third-order valence-corrected chi connectivity index (χ3v) is 5.17. The Morgan fingerprint density at radius 3 is 2.33 bits per heavy atom. The van der Waals surface area contributed by atoms with Crippen molar-refractivity contribution in [1.29, 1.82) is 0 Å². The van der Waals surface area contributed by atoms with Gasteiger partial charge in [0.2, 0.25) is 0 Å². The van der Waals surface area contributed by atoms with Crippen molar-refractivity contribution >= 4 is 66.4 Å². The predicted molar refractivity (Wildman–Crippen MR) is 126 cm³/mol. The van der Waals surface area contributed by atoms with Crippen molar-refractivity contribution < 1.29 is 0 Å². The normalized spacial score (nSPS) is 16.8. The maximum atomic E-state index is 3.32. The van der Waals surface area contributed by atoms with E-state index in [9.17, 15) is 0 Å². The largest absolute Gasteiger partial charge is 0.106 e. The van der Waals surface area contributed by atoms with E-state index in [-0.39, 0.29) is 11.8 Å². The zero-order valence-electron chi connectivity index (χ0n) is 13.0. The first-order chi connectivity index (χ1) is 11.8. The first-order valence-electron chi connectivity index (χ1n) is 7.03. The molecule has 0 amide bonds. The quantitative estimate of drug-likeness (QED) is 0.268. The molecule has 0 bridgehead atoms. The molecule has 0 radical (unpaired) electrons. The van der Waals surface area contributed by atoms with Gasteiger partial charge in [0, 0.05) is 53.5 Å². The van der Waals surface area contributed by atoms with Crippen molar-refractivity contribution in [1.82, 2.24) is 0 Å². The summed E-state index contributed by atoms with van der Waals surface area (Å²) in [5, 5.41) is 6.15. The molecule has 2 unspecified atom stereocenters. The van der Waals surface area contributed by atoms with Crippen LogP contribution in [-0.4, -0.2) is 0 Å². The number of hydrogen-bond donors (Lipinski definition) is 0. The van der Waals surface area contributed by atoms with Gasteiger partial charge in [-0.3, -0.25) is 0 Å². The van der Waals surface area contributed by atoms with Gasteiger partial charge in [0.15, 0.2) is 0 Å². The monoisotopic (exact) mass is 570 g/mol. The molecule has 0 saturated carbocycles. The first-order valence-corrected chi connectivity index (χ1v) is 13.8. The molecule has 0 aromatic heterocycles. The molecule has 0 N–H and O–H groups in total. The minimum absolute atomic E-state index is 0.0798. The van der Waals surface area contributed by atoms with Gasteiger partial charge in [-0.05, 0) is 59.4 Å². The van der Waals surface area contributed by atoms with Gasteiger partial charge < -0.3 is 0 Å². The van der Waals surface area contributed by atoms with E-state index in [1.165, 1.54) is 23.4 Å². The second kappa shape index (κ2) is 10.4. The Morgan fingerprint density at radius 1 is 0.958 bits per heavy atom. The Morgan fingerprint density at radius 2 is 1.67 bits per heavy atom. The number of rotatable bonds is 0. The van der Waals surface area contributed by atoms with Gasteiger partial charge in [-0.1, -0.05) is 41.9 Å². The van der Waals surface area contributed by atoms with Crippen LogP contribution in [0.25, 0.3) is 6.08 Å². The second-order valence-corrected chi connectivity index (χ2v) is 8.11. The highest BCUT2D eigenvalue weighted by Crippen LogP contribution is 2.36. The Kier molecular flexibility index (Phi) is 8.51. The lowest BCUT2D eigenvalue weighted by Gasteiger charge is -2.24. The van der Waals surface area contributed by atoms with Crippen molar-refractivity contribution in [2.24, 2.45) is 5.92 Å². The summed E-state index contributed by atoms with van der Waals surface area (Å²) < 4.78 is 0. The fraction of sp³-hybridized carbons (Fsp3) is 0.200. The molecule has 1 aliphatic carbocycles. The number of benzene rings is 1. The van der Waals surface area contributed by atoms with Crippen LogP contribution in [0.1, 0.15) is 42.0 Å². The fourth-order valence-corrected chi connectivity index (χ4v) is 3.55. The molecule has 1 aliphatic rings. The highest BCUT2D eigenvalue weighted by Gasteiger charge is 2.25. The zero-order valence-corrected chi connectivity index (χ0v) is 19.0. The molecule has 24 heavy (non-hydrogen) atoms. The maximum Gasteiger partial charge on any atom is 0.0631 e. The second-order valence-electron chi connectivity index (χ2n) is 4.75. The van der Waals surface area contributed by atoms with E-state index in [4.69, 9.17) is 0 Å². The summed E-state index contributed by atoms with van der Waals surface area (Å²) in [6, 6.07) is 4.18. The van der Waals surface area contributed by atoms with E-state index in [0.29, 0.717) is 0 Å². The minimum Gasteiger partial charge on any atom is -0.106 e. The molecular weight excluding hydrogens is 558 g/mol. The van der Waals surface area contributed by atoms with Gasteiger partial charge in [-0.2, -0.15) is 0 Å². The molecule has 0 fully saturated rings. The van der Waals surface area contributed by atoms with E-state index in [2.05, 4.69) is 113 Å². The van der Waals surface area contributed by atoms with E-state index < -0.39 is 0 Å². The van der Waals surface area contributed by atoms with Crippen LogP contribution in [0.2, 0.25) is 0 Å². The molecular formula is C20H12I2S2. The van der Waals surface area contributed by atoms with Crippen LogP contribution in [0.4, 0.5) is 0 Å². The Bertz CT molecular complexity index is 900. The molecule has 118 valence electrons. The number of fused-ring (bicyclic) bond motifs is 1. The first kappa shape index (κ1) is 19.7. The van der Waals surface area contributed by atoms with Gasteiger partial charge >= 0.3 is 0 Å². The van der Waals surface area contributed by atoms with Crippen LogP contribution in [0.15, 0.2) is 18.2 Å². The van der Waals surface area contributed by atoms with Crippen LogP contribution < -0.4 is 0 Å². The van der Waals surface area contributed by atoms with Gasteiger partial charge in [-0.25, -0.2) is 0 Å². The summed E-state index contributed by atoms with van der Waals surface area (Å²) >= 11 is 4.36. The molecule has 1 aromatic carbocycles. The lowest BCUT2D eigenvalue weighted by molar-refractivity contribution is 0.741. The number of hydrogen-bond acceptors (Lipinski definition) is 2. The molecule has 0 nitrogen and oxygen atoms in total. The number of halogens is 2. The van der Waals surface area contributed by atoms with Crippen molar-refractivity contribution in [3.8, 4) is 46.0 Å². The van der Waals surface area contributed by atoms with Crippen molar-refractivity contribution in [3.05, 3.63) is 40.5 Å². The summed E-state index contributed by atoms with van der Waals surface area (Å²) in [6.45, 7) is 3.74. The predicted octanol–water partition coefficient (Wildman–Crippen LogP) is 6.24. The van der Waals surface area contributed by atoms with Crippen molar-refractivity contribution in [3.63, 3.8) is 0 Å². The summed E-state index contributed by atoms with van der Waals surface area (Å²) in [5.41, 5.74) is 4.26. The van der Waals surface area contributed by atoms with Gasteiger partial charge in [-0.15, -0.1) is 11.8 Å². The van der Waals surface area contributed by atoms with E-state index in [1.54, 1.807) is 0 Å². The van der Waals surface area contributed by atoms with E-state index in [1.807, 2.05) is 13.8 Å². The average molecular weight is 570 g/mol. The molecule has 0 saturated heterocycles. The highest BCUT2D eigenvalue weighted by atomic mass is 127. The van der Waals surface area contributed by atoms with Gasteiger partial charge in [0.25, 0.3) is 0 Å². The third kappa shape index (κ3) is 4.71. The Labute approximate surface area is 177 Å². The maximum absolute atomic E-state index is 3.32. The fourth-order valence-electron chi connectivity index (χ4n) is 2.60. The van der Waals surface area contributed by atoms with E-state index >= 15 is 0 Å². The molecule has 4 heteroatoms. The molecule has 2 rings (SSSR count). The van der Waals surface area contributed by atoms with Crippen LogP contribution in [0.5, 0.6) is 0 Å². The van der Waals surface area contributed by atoms with Crippen LogP contribution in [0.3, 0.4) is 0 Å². The third-order valence-electron chi connectivity index (χ3n) is 3.49. The minimum atomic E-state index is 0.0798. The van der Waals surface area contributed by atoms with Gasteiger partial charge in [0.05, 0.1) is 11.8 Å². The topological polar surface area (TPSA) is 0 Å². The summed E-state index contributed by atoms with van der Waals surface area (Å²) in [5.74, 6) is 19.3. The van der Waals surface area contributed by atoms with Gasteiger partial charge in [0.1, 0.15) is 0 Å². The van der Waals surface area contributed by atoms with Crippen molar-refractivity contribution in [2.45, 2.75) is 19.8 Å². The lowest BCUT2D eigenvalue weighted by atomic mass is 9.77. The molecule has 0 heterocycles. The smallest absolute Gasteiger partial charge is 0.0631 e. The van der Waals surface area contributed by atoms with Crippen LogP contribution in [-0.2, 0) is 0 Å². The van der Waals surface area contributed by atoms with Crippen LogP contribution >= 0.6 is 60.3 Å².